The van der Waals surface area contributed by atoms with E-state index in [0.29, 0.717) is 23.2 Å². The van der Waals surface area contributed by atoms with E-state index in [0.717, 1.165) is 5.56 Å². The van der Waals surface area contributed by atoms with Crippen molar-refractivity contribution in [2.24, 2.45) is 4.99 Å². The van der Waals surface area contributed by atoms with Crippen LogP contribution in [0.1, 0.15) is 5.56 Å². The number of aromatic nitrogens is 1. The maximum Gasteiger partial charge on any atom is 0.243 e. The van der Waals surface area contributed by atoms with Crippen molar-refractivity contribution < 1.29 is 4.79 Å². The molecule has 0 saturated carbocycles. The van der Waals surface area contributed by atoms with Gasteiger partial charge in [-0.3, -0.25) is 14.8 Å². The molecule has 0 spiro atoms. The first-order chi connectivity index (χ1) is 11.2. The van der Waals surface area contributed by atoms with E-state index >= 15 is 0 Å². The molecule has 0 aliphatic carbocycles. The highest BCUT2D eigenvalue weighted by atomic mass is 127. The number of nitrogens with zero attached hydrogens (tertiary/aromatic N) is 2. The number of anilines is 1. The lowest BCUT2D eigenvalue weighted by atomic mass is 10.2. The third kappa shape index (κ3) is 7.14. The topological polar surface area (TPSA) is 78.4 Å². The molecule has 0 unspecified atom stereocenters. The van der Waals surface area contributed by atoms with Crippen molar-refractivity contribution in [1.82, 2.24) is 15.6 Å². The van der Waals surface area contributed by atoms with Gasteiger partial charge in [0.1, 0.15) is 0 Å². The number of amides is 1. The van der Waals surface area contributed by atoms with Gasteiger partial charge in [-0.25, -0.2) is 0 Å². The van der Waals surface area contributed by atoms with Gasteiger partial charge in [0, 0.05) is 24.8 Å². The number of halogens is 2. The van der Waals surface area contributed by atoms with Gasteiger partial charge >= 0.3 is 0 Å². The van der Waals surface area contributed by atoms with Gasteiger partial charge in [0.25, 0.3) is 0 Å². The molecule has 6 nitrogen and oxygen atoms in total. The maximum absolute atomic E-state index is 11.9. The molecule has 0 aliphatic heterocycles. The average molecular weight is 460 g/mol. The van der Waals surface area contributed by atoms with Crippen LogP contribution >= 0.6 is 35.6 Å². The highest BCUT2D eigenvalue weighted by Gasteiger charge is 2.04. The molecule has 1 aromatic carbocycles. The normalized spacial score (nSPS) is 10.5. The Balaban J connectivity index is 0.00000288. The third-order valence-corrected chi connectivity index (χ3v) is 3.17. The highest BCUT2D eigenvalue weighted by molar-refractivity contribution is 14.0. The van der Waals surface area contributed by atoms with Crippen LogP contribution in [-0.4, -0.2) is 30.4 Å². The van der Waals surface area contributed by atoms with E-state index in [1.54, 1.807) is 31.6 Å². The lowest BCUT2D eigenvalue weighted by Crippen LogP contribution is -2.41. The number of nitrogens with one attached hydrogen (secondary N) is 3. The summed E-state index contributed by atoms with van der Waals surface area (Å²) < 4.78 is 0. The Morgan fingerprint density at radius 1 is 1.25 bits per heavy atom. The summed E-state index contributed by atoms with van der Waals surface area (Å²) in [6, 6.07) is 11.1. The van der Waals surface area contributed by atoms with Gasteiger partial charge < -0.3 is 16.0 Å². The molecule has 0 radical (unpaired) electrons. The molecule has 1 aromatic heterocycles. The van der Waals surface area contributed by atoms with Gasteiger partial charge in [0.15, 0.2) is 5.96 Å². The van der Waals surface area contributed by atoms with Crippen molar-refractivity contribution in [3.63, 3.8) is 0 Å². The minimum absolute atomic E-state index is 0. The van der Waals surface area contributed by atoms with Crippen LogP contribution < -0.4 is 16.0 Å². The van der Waals surface area contributed by atoms with Gasteiger partial charge in [0.2, 0.25) is 5.91 Å². The zero-order chi connectivity index (χ0) is 16.5. The number of pyridine rings is 1. The van der Waals surface area contributed by atoms with Gasteiger partial charge in [-0.1, -0.05) is 23.7 Å². The number of benzene rings is 1. The molecule has 0 bridgehead atoms. The van der Waals surface area contributed by atoms with Crippen LogP contribution in [0.5, 0.6) is 0 Å². The summed E-state index contributed by atoms with van der Waals surface area (Å²) in [7, 11) is 1.65. The Morgan fingerprint density at radius 2 is 2.08 bits per heavy atom. The van der Waals surface area contributed by atoms with E-state index in [-0.39, 0.29) is 36.4 Å². The van der Waals surface area contributed by atoms with Crippen molar-refractivity contribution in [2.45, 2.75) is 6.54 Å². The standard InChI is InChI=1S/C16H18ClN5O.HI/c1-18-16(20-9-12-4-2-5-13(17)8-12)21-11-15(23)22-14-6-3-7-19-10-14;/h2-8,10H,9,11H2,1H3,(H,22,23)(H2,18,20,21);1H. The molecule has 0 aliphatic rings. The molecule has 3 N–H and O–H groups in total. The second-order valence-corrected chi connectivity index (χ2v) is 5.14. The molecule has 0 fully saturated rings. The molecule has 0 saturated heterocycles. The number of aliphatic imine (C=N–C) groups is 1. The van der Waals surface area contributed by atoms with E-state index in [1.807, 2.05) is 24.3 Å². The first kappa shape index (κ1) is 20.2. The molecule has 1 amide bonds. The Morgan fingerprint density at radius 3 is 2.75 bits per heavy atom. The summed E-state index contributed by atoms with van der Waals surface area (Å²) in [6.07, 6.45) is 3.24. The summed E-state index contributed by atoms with van der Waals surface area (Å²) in [5.41, 5.74) is 1.68. The summed E-state index contributed by atoms with van der Waals surface area (Å²) >= 11 is 5.94. The maximum atomic E-state index is 11.9. The van der Waals surface area contributed by atoms with Crippen molar-refractivity contribution in [3.8, 4) is 0 Å². The summed E-state index contributed by atoms with van der Waals surface area (Å²) in [5, 5.41) is 9.49. The van der Waals surface area contributed by atoms with E-state index in [4.69, 9.17) is 11.6 Å². The zero-order valence-electron chi connectivity index (χ0n) is 13.1. The Kier molecular flexibility index (Phi) is 9.10. The average Bonchev–Trinajstić information content (AvgIpc) is 2.56. The monoisotopic (exact) mass is 459 g/mol. The second-order valence-electron chi connectivity index (χ2n) is 4.70. The van der Waals surface area contributed by atoms with Crippen LogP contribution in [-0.2, 0) is 11.3 Å². The van der Waals surface area contributed by atoms with E-state index in [2.05, 4.69) is 25.9 Å². The van der Waals surface area contributed by atoms with Crippen LogP contribution in [0, 0.1) is 0 Å². The van der Waals surface area contributed by atoms with Gasteiger partial charge in [-0.15, -0.1) is 24.0 Å². The molecule has 1 heterocycles. The van der Waals surface area contributed by atoms with Crippen LogP contribution in [0.25, 0.3) is 0 Å². The lowest BCUT2D eigenvalue weighted by molar-refractivity contribution is -0.115. The summed E-state index contributed by atoms with van der Waals surface area (Å²) in [5.74, 6) is 0.356. The number of hydrogen-bond donors (Lipinski definition) is 3. The quantitative estimate of drug-likeness (QED) is 0.365. The predicted octanol–water partition coefficient (Wildman–Crippen LogP) is 2.66. The van der Waals surface area contributed by atoms with Gasteiger partial charge in [0.05, 0.1) is 18.4 Å². The number of hydrogen-bond acceptors (Lipinski definition) is 3. The molecule has 2 rings (SSSR count). The van der Waals surface area contributed by atoms with E-state index in [1.165, 1.54) is 0 Å². The van der Waals surface area contributed by atoms with Crippen LogP contribution in [0.3, 0.4) is 0 Å². The van der Waals surface area contributed by atoms with Crippen molar-refractivity contribution in [3.05, 3.63) is 59.4 Å². The minimum Gasteiger partial charge on any atom is -0.352 e. The lowest BCUT2D eigenvalue weighted by Gasteiger charge is -2.12. The summed E-state index contributed by atoms with van der Waals surface area (Å²) in [4.78, 5) is 19.9. The van der Waals surface area contributed by atoms with Crippen LogP contribution in [0.2, 0.25) is 5.02 Å². The van der Waals surface area contributed by atoms with E-state index in [9.17, 15) is 4.79 Å². The number of rotatable bonds is 5. The largest absolute Gasteiger partial charge is 0.352 e. The number of carbonyl (C=O) groups is 1. The molecule has 8 heteroatoms. The zero-order valence-corrected chi connectivity index (χ0v) is 16.2. The van der Waals surface area contributed by atoms with Gasteiger partial charge in [-0.2, -0.15) is 0 Å². The van der Waals surface area contributed by atoms with E-state index < -0.39 is 0 Å². The molecule has 24 heavy (non-hydrogen) atoms. The summed E-state index contributed by atoms with van der Waals surface area (Å²) in [6.45, 7) is 0.661. The van der Waals surface area contributed by atoms with Crippen molar-refractivity contribution >= 4 is 53.1 Å². The fourth-order valence-electron chi connectivity index (χ4n) is 1.86. The first-order valence-electron chi connectivity index (χ1n) is 7.06. The number of carbonyl (C=O) groups excluding carboxylic acids is 1. The van der Waals surface area contributed by atoms with Crippen LogP contribution in [0.15, 0.2) is 53.8 Å². The molecule has 128 valence electrons. The Hall–Kier alpha value is -1.87. The van der Waals surface area contributed by atoms with Crippen molar-refractivity contribution in [2.75, 3.05) is 18.9 Å². The van der Waals surface area contributed by atoms with Gasteiger partial charge in [-0.05, 0) is 29.8 Å². The van der Waals surface area contributed by atoms with Crippen molar-refractivity contribution in [1.29, 1.82) is 0 Å². The molecule has 0 atom stereocenters. The fourth-order valence-corrected chi connectivity index (χ4v) is 2.07. The SMILES string of the molecule is CN=C(NCC(=O)Nc1cccnc1)NCc1cccc(Cl)c1.I. The first-order valence-corrected chi connectivity index (χ1v) is 7.44. The Bertz CT molecular complexity index is 681. The fraction of sp³-hybridized carbons (Fsp3) is 0.188. The highest BCUT2D eigenvalue weighted by Crippen LogP contribution is 2.10. The molecular formula is C16H19ClIN5O. The smallest absolute Gasteiger partial charge is 0.243 e. The Labute approximate surface area is 163 Å². The number of guanidine groups is 1. The second kappa shape index (κ2) is 10.8. The molecular weight excluding hydrogens is 441 g/mol. The third-order valence-electron chi connectivity index (χ3n) is 2.93. The molecule has 2 aromatic rings. The van der Waals surface area contributed by atoms with Crippen LogP contribution in [0.4, 0.5) is 5.69 Å². The predicted molar refractivity (Wildman–Crippen MR) is 108 cm³/mol. The minimum atomic E-state index is -0.177.